The molecule has 1 heterocycles. The fraction of sp³-hybridized carbons (Fsp3) is 0.524. The minimum absolute atomic E-state index is 0.176. The van der Waals surface area contributed by atoms with Gasteiger partial charge in [0.15, 0.2) is 11.6 Å². The second kappa shape index (κ2) is 8.03. The topological polar surface area (TPSA) is 25.8 Å². The molecule has 134 valence electrons. The summed E-state index contributed by atoms with van der Waals surface area (Å²) < 4.78 is 28.2. The first kappa shape index (κ1) is 18.0. The summed E-state index contributed by atoms with van der Waals surface area (Å²) in [5.41, 5.74) is 1.87. The molecule has 1 fully saturated rings. The Labute approximate surface area is 148 Å². The maximum Gasteiger partial charge on any atom is 0.168 e. The number of halogens is 2. The highest BCUT2D eigenvalue weighted by Gasteiger charge is 2.18. The van der Waals surface area contributed by atoms with Gasteiger partial charge in [0.25, 0.3) is 0 Å². The monoisotopic (exact) mass is 344 g/mol. The molecule has 1 aromatic carbocycles. The van der Waals surface area contributed by atoms with E-state index >= 15 is 0 Å². The Morgan fingerprint density at radius 1 is 0.960 bits per heavy atom. The lowest BCUT2D eigenvalue weighted by Crippen LogP contribution is -2.13. The van der Waals surface area contributed by atoms with Crippen LogP contribution in [0.4, 0.5) is 8.78 Å². The lowest BCUT2D eigenvalue weighted by Gasteiger charge is -2.25. The summed E-state index contributed by atoms with van der Waals surface area (Å²) in [4.78, 5) is 0. The average Bonchev–Trinajstić information content (AvgIpc) is 2.64. The Hall–Kier alpha value is -1.84. The third-order valence-corrected chi connectivity index (χ3v) is 5.48. The van der Waals surface area contributed by atoms with E-state index in [1.54, 1.807) is 25.1 Å². The molecule has 0 N–H and O–H groups in total. The zero-order chi connectivity index (χ0) is 17.8. The van der Waals surface area contributed by atoms with Crippen LogP contribution in [0.3, 0.4) is 0 Å². The summed E-state index contributed by atoms with van der Waals surface area (Å²) in [6, 6.07) is 6.84. The standard InChI is InChI=1S/C21H26F2N2/c1-3-16-9-12-18(21(23)20(16)22)19-13-11-17(24-25-19)10-8-15-6-4-14(2)5-7-15/h9,11-15H,3-8,10H2,1-2H3. The van der Waals surface area contributed by atoms with E-state index in [-0.39, 0.29) is 5.56 Å². The van der Waals surface area contributed by atoms with Crippen LogP contribution in [0, 0.1) is 23.5 Å². The largest absolute Gasteiger partial charge is 0.203 e. The van der Waals surface area contributed by atoms with Gasteiger partial charge in [0.2, 0.25) is 0 Å². The SMILES string of the molecule is CCc1ccc(-c2ccc(CCC3CCC(C)CC3)nn2)c(F)c1F. The van der Waals surface area contributed by atoms with Crippen molar-refractivity contribution >= 4 is 0 Å². The Balaban J connectivity index is 1.65. The van der Waals surface area contributed by atoms with Crippen molar-refractivity contribution in [2.45, 2.75) is 58.8 Å². The van der Waals surface area contributed by atoms with Crippen LogP contribution in [0.1, 0.15) is 57.2 Å². The van der Waals surface area contributed by atoms with E-state index < -0.39 is 11.6 Å². The molecule has 0 amide bonds. The molecule has 0 bridgehead atoms. The number of aryl methyl sites for hydroxylation is 2. The number of aromatic nitrogens is 2. The first-order valence-corrected chi connectivity index (χ1v) is 9.38. The van der Waals surface area contributed by atoms with E-state index in [0.29, 0.717) is 17.7 Å². The van der Waals surface area contributed by atoms with Crippen LogP contribution >= 0.6 is 0 Å². The van der Waals surface area contributed by atoms with Crippen LogP contribution in [0.15, 0.2) is 24.3 Å². The van der Waals surface area contributed by atoms with Gasteiger partial charge in [-0.3, -0.25) is 0 Å². The predicted octanol–water partition coefficient (Wildman–Crippen LogP) is 5.74. The quantitative estimate of drug-likeness (QED) is 0.691. The average molecular weight is 344 g/mol. The van der Waals surface area contributed by atoms with E-state index in [9.17, 15) is 8.78 Å². The smallest absolute Gasteiger partial charge is 0.168 e. The molecule has 1 aromatic heterocycles. The predicted molar refractivity (Wildman–Crippen MR) is 96.2 cm³/mol. The maximum atomic E-state index is 14.2. The molecule has 1 aliphatic rings. The van der Waals surface area contributed by atoms with Gasteiger partial charge in [-0.25, -0.2) is 8.78 Å². The second-order valence-electron chi connectivity index (χ2n) is 7.33. The van der Waals surface area contributed by atoms with Gasteiger partial charge in [0.05, 0.1) is 11.4 Å². The van der Waals surface area contributed by atoms with Crippen LogP contribution in [-0.4, -0.2) is 10.2 Å². The Bertz CT molecular complexity index is 705. The van der Waals surface area contributed by atoms with Crippen molar-refractivity contribution in [2.75, 3.05) is 0 Å². The van der Waals surface area contributed by atoms with Gasteiger partial charge in [-0.15, -0.1) is 0 Å². The van der Waals surface area contributed by atoms with Crippen LogP contribution in [-0.2, 0) is 12.8 Å². The number of hydrogen-bond acceptors (Lipinski definition) is 2. The molecule has 0 spiro atoms. The summed E-state index contributed by atoms with van der Waals surface area (Å²) in [5.74, 6) is 0.0330. The summed E-state index contributed by atoms with van der Waals surface area (Å²) in [7, 11) is 0. The molecule has 0 atom stereocenters. The molecular weight excluding hydrogens is 318 g/mol. The highest BCUT2D eigenvalue weighted by Crippen LogP contribution is 2.31. The van der Waals surface area contributed by atoms with Crippen LogP contribution < -0.4 is 0 Å². The van der Waals surface area contributed by atoms with Crippen molar-refractivity contribution in [3.05, 3.63) is 47.2 Å². The molecule has 2 aromatic rings. The number of benzene rings is 1. The third-order valence-electron chi connectivity index (χ3n) is 5.48. The third kappa shape index (κ3) is 4.23. The summed E-state index contributed by atoms with van der Waals surface area (Å²) in [6.45, 7) is 4.13. The molecule has 1 saturated carbocycles. The van der Waals surface area contributed by atoms with Crippen LogP contribution in [0.5, 0.6) is 0 Å². The highest BCUT2D eigenvalue weighted by atomic mass is 19.2. The van der Waals surface area contributed by atoms with Crippen molar-refractivity contribution in [1.29, 1.82) is 0 Å². The normalized spacial score (nSPS) is 20.6. The van der Waals surface area contributed by atoms with E-state index in [0.717, 1.165) is 30.4 Å². The highest BCUT2D eigenvalue weighted by molar-refractivity contribution is 5.60. The maximum absolute atomic E-state index is 14.2. The van der Waals surface area contributed by atoms with Gasteiger partial charge in [-0.1, -0.05) is 45.6 Å². The number of rotatable bonds is 5. The number of hydrogen-bond donors (Lipinski definition) is 0. The molecule has 0 saturated heterocycles. The zero-order valence-corrected chi connectivity index (χ0v) is 15.1. The molecule has 0 radical (unpaired) electrons. The lowest BCUT2D eigenvalue weighted by molar-refractivity contribution is 0.277. The van der Waals surface area contributed by atoms with Crippen molar-refractivity contribution in [3.63, 3.8) is 0 Å². The lowest BCUT2D eigenvalue weighted by atomic mass is 9.81. The van der Waals surface area contributed by atoms with Gasteiger partial charge in [-0.2, -0.15) is 10.2 Å². The van der Waals surface area contributed by atoms with Crippen LogP contribution in [0.25, 0.3) is 11.3 Å². The van der Waals surface area contributed by atoms with Crippen molar-refractivity contribution in [2.24, 2.45) is 11.8 Å². The Kier molecular flexibility index (Phi) is 5.77. The Morgan fingerprint density at radius 2 is 1.72 bits per heavy atom. The molecule has 2 nitrogen and oxygen atoms in total. The molecule has 4 heteroatoms. The molecule has 0 aliphatic heterocycles. The van der Waals surface area contributed by atoms with Gasteiger partial charge < -0.3 is 0 Å². The van der Waals surface area contributed by atoms with Crippen molar-refractivity contribution in [1.82, 2.24) is 10.2 Å². The summed E-state index contributed by atoms with van der Waals surface area (Å²) >= 11 is 0. The minimum Gasteiger partial charge on any atom is -0.203 e. The molecular formula is C21H26F2N2. The van der Waals surface area contributed by atoms with E-state index in [1.165, 1.54) is 25.7 Å². The molecule has 3 rings (SSSR count). The van der Waals surface area contributed by atoms with Crippen molar-refractivity contribution < 1.29 is 8.78 Å². The molecule has 0 unspecified atom stereocenters. The van der Waals surface area contributed by atoms with E-state index in [2.05, 4.69) is 17.1 Å². The van der Waals surface area contributed by atoms with Gasteiger partial charge in [-0.05, 0) is 54.9 Å². The van der Waals surface area contributed by atoms with E-state index in [4.69, 9.17) is 0 Å². The fourth-order valence-corrected chi connectivity index (χ4v) is 3.67. The fourth-order valence-electron chi connectivity index (χ4n) is 3.67. The van der Waals surface area contributed by atoms with Gasteiger partial charge >= 0.3 is 0 Å². The van der Waals surface area contributed by atoms with Crippen LogP contribution in [0.2, 0.25) is 0 Å². The van der Waals surface area contributed by atoms with Crippen molar-refractivity contribution in [3.8, 4) is 11.3 Å². The second-order valence-corrected chi connectivity index (χ2v) is 7.33. The Morgan fingerprint density at radius 3 is 2.36 bits per heavy atom. The minimum atomic E-state index is -0.835. The molecule has 25 heavy (non-hydrogen) atoms. The summed E-state index contributed by atoms with van der Waals surface area (Å²) in [6.07, 6.45) is 7.77. The zero-order valence-electron chi connectivity index (χ0n) is 15.1. The number of nitrogens with zero attached hydrogens (tertiary/aromatic N) is 2. The molecule has 1 aliphatic carbocycles. The summed E-state index contributed by atoms with van der Waals surface area (Å²) in [5, 5.41) is 8.35. The first-order valence-electron chi connectivity index (χ1n) is 9.38. The van der Waals surface area contributed by atoms with Gasteiger partial charge in [0.1, 0.15) is 0 Å². The first-order chi connectivity index (χ1) is 12.1. The van der Waals surface area contributed by atoms with Gasteiger partial charge in [0, 0.05) is 5.56 Å². The van der Waals surface area contributed by atoms with E-state index in [1.807, 2.05) is 6.07 Å².